The van der Waals surface area contributed by atoms with Crippen LogP contribution in [0.3, 0.4) is 0 Å². The lowest BCUT2D eigenvalue weighted by atomic mass is 10.2. The van der Waals surface area contributed by atoms with Crippen LogP contribution in [-0.4, -0.2) is 31.6 Å². The molecule has 0 unspecified atom stereocenters. The number of esters is 1. The fraction of sp³-hybridized carbons (Fsp3) is 0.158. The normalized spacial score (nSPS) is 10.6. The van der Waals surface area contributed by atoms with Crippen molar-refractivity contribution in [1.82, 2.24) is 5.32 Å². The number of nitrogens with one attached hydrogen (secondary N) is 1. The van der Waals surface area contributed by atoms with E-state index in [-0.39, 0.29) is 19.8 Å². The number of rotatable bonds is 7. The first-order valence-corrected chi connectivity index (χ1v) is 9.61. The second-order valence-corrected chi connectivity index (χ2v) is 7.32. The van der Waals surface area contributed by atoms with Gasteiger partial charge in [0.1, 0.15) is 30.4 Å². The van der Waals surface area contributed by atoms with Crippen molar-refractivity contribution in [2.75, 3.05) is 19.8 Å². The Morgan fingerprint density at radius 1 is 1.04 bits per heavy atom. The summed E-state index contributed by atoms with van der Waals surface area (Å²) in [4.78, 5) is 24.4. The van der Waals surface area contributed by atoms with Crippen LogP contribution in [0.15, 0.2) is 48.5 Å². The van der Waals surface area contributed by atoms with E-state index in [0.29, 0.717) is 20.7 Å². The first-order valence-electron chi connectivity index (χ1n) is 8.04. The third-order valence-electron chi connectivity index (χ3n) is 3.55. The molecule has 1 aromatic heterocycles. The van der Waals surface area contributed by atoms with Crippen LogP contribution in [0, 0.1) is 0 Å². The lowest BCUT2D eigenvalue weighted by Crippen LogP contribution is -2.30. The molecule has 0 aliphatic rings. The highest BCUT2D eigenvalue weighted by Gasteiger charge is 2.17. The molecule has 0 fully saturated rings. The maximum atomic E-state index is 12.3. The maximum Gasteiger partial charge on any atom is 0.325 e. The van der Waals surface area contributed by atoms with Crippen LogP contribution in [-0.2, 0) is 9.53 Å². The van der Waals surface area contributed by atoms with Gasteiger partial charge in [-0.15, -0.1) is 11.3 Å². The minimum atomic E-state index is -0.560. The van der Waals surface area contributed by atoms with E-state index in [9.17, 15) is 9.59 Å². The molecule has 0 radical (unpaired) electrons. The lowest BCUT2D eigenvalue weighted by Gasteiger charge is -2.08. The van der Waals surface area contributed by atoms with E-state index in [1.807, 2.05) is 24.3 Å². The van der Waals surface area contributed by atoms with Gasteiger partial charge in [0.05, 0.1) is 5.02 Å². The summed E-state index contributed by atoms with van der Waals surface area (Å²) in [5.74, 6) is -0.380. The van der Waals surface area contributed by atoms with Gasteiger partial charge in [-0.2, -0.15) is 0 Å². The molecule has 0 saturated carbocycles. The van der Waals surface area contributed by atoms with Gasteiger partial charge < -0.3 is 14.8 Å². The molecule has 2 aromatic carbocycles. The minimum absolute atomic E-state index is 0.0604. The molecule has 5 nitrogen and oxygen atoms in total. The molecule has 0 aliphatic carbocycles. The number of carbonyl (C=O) groups is 2. The highest BCUT2D eigenvalue weighted by atomic mass is 35.5. The van der Waals surface area contributed by atoms with Crippen LogP contribution in [0.25, 0.3) is 10.1 Å². The predicted octanol–water partition coefficient (Wildman–Crippen LogP) is 4.56. The molecule has 27 heavy (non-hydrogen) atoms. The number of carbonyl (C=O) groups excluding carboxylic acids is 2. The van der Waals surface area contributed by atoms with E-state index < -0.39 is 11.9 Å². The smallest absolute Gasteiger partial charge is 0.325 e. The zero-order valence-electron chi connectivity index (χ0n) is 14.0. The first kappa shape index (κ1) is 19.5. The van der Waals surface area contributed by atoms with Crippen LogP contribution in [0.5, 0.6) is 5.75 Å². The largest absolute Gasteiger partial charge is 0.490 e. The van der Waals surface area contributed by atoms with Crippen molar-refractivity contribution in [3.8, 4) is 5.75 Å². The van der Waals surface area contributed by atoms with Gasteiger partial charge in [0, 0.05) is 15.1 Å². The van der Waals surface area contributed by atoms with Crippen molar-refractivity contribution >= 4 is 56.5 Å². The lowest BCUT2D eigenvalue weighted by molar-refractivity contribution is -0.143. The number of hydrogen-bond acceptors (Lipinski definition) is 5. The molecule has 0 spiro atoms. The number of ether oxygens (including phenoxy) is 2. The Morgan fingerprint density at radius 2 is 1.85 bits per heavy atom. The fourth-order valence-corrected chi connectivity index (χ4v) is 3.93. The van der Waals surface area contributed by atoms with Crippen LogP contribution < -0.4 is 10.1 Å². The average Bonchev–Trinajstić information content (AvgIpc) is 3.00. The number of thiophene rings is 1. The van der Waals surface area contributed by atoms with Gasteiger partial charge >= 0.3 is 5.97 Å². The average molecular weight is 424 g/mol. The van der Waals surface area contributed by atoms with Crippen molar-refractivity contribution in [2.45, 2.75) is 0 Å². The van der Waals surface area contributed by atoms with E-state index in [2.05, 4.69) is 5.32 Å². The fourth-order valence-electron chi connectivity index (χ4n) is 2.32. The zero-order chi connectivity index (χ0) is 19.2. The van der Waals surface area contributed by atoms with Crippen molar-refractivity contribution in [3.63, 3.8) is 0 Å². The molecule has 8 heteroatoms. The summed E-state index contributed by atoms with van der Waals surface area (Å²) in [7, 11) is 0. The van der Waals surface area contributed by atoms with Crippen molar-refractivity contribution in [3.05, 3.63) is 63.5 Å². The molecule has 0 saturated heterocycles. The van der Waals surface area contributed by atoms with Gasteiger partial charge in [0.15, 0.2) is 0 Å². The van der Waals surface area contributed by atoms with Crippen molar-refractivity contribution < 1.29 is 19.1 Å². The van der Waals surface area contributed by atoms with Gasteiger partial charge in [-0.3, -0.25) is 9.59 Å². The van der Waals surface area contributed by atoms with Gasteiger partial charge in [-0.05, 0) is 24.3 Å². The van der Waals surface area contributed by atoms with Gasteiger partial charge in [-0.1, -0.05) is 47.5 Å². The summed E-state index contributed by atoms with van der Waals surface area (Å²) in [5, 5.41) is 4.28. The summed E-state index contributed by atoms with van der Waals surface area (Å²) in [5.41, 5.74) is 0. The Hall–Kier alpha value is -2.28. The number of fused-ring (bicyclic) bond motifs is 1. The summed E-state index contributed by atoms with van der Waals surface area (Å²) in [6.45, 7) is -0.00634. The van der Waals surface area contributed by atoms with Crippen molar-refractivity contribution in [1.29, 1.82) is 0 Å². The molecule has 1 amide bonds. The van der Waals surface area contributed by atoms with Gasteiger partial charge in [0.2, 0.25) is 0 Å². The second kappa shape index (κ2) is 9.08. The van der Waals surface area contributed by atoms with Crippen LogP contribution in [0.2, 0.25) is 10.0 Å². The molecule has 3 aromatic rings. The van der Waals surface area contributed by atoms with E-state index >= 15 is 0 Å². The second-order valence-electron chi connectivity index (χ2n) is 5.45. The first-order chi connectivity index (χ1) is 13.0. The van der Waals surface area contributed by atoms with E-state index in [0.717, 1.165) is 10.1 Å². The molecule has 140 valence electrons. The third-order valence-corrected chi connectivity index (χ3v) is 5.45. The molecular formula is C19H15Cl2NO4S. The van der Waals surface area contributed by atoms with Crippen LogP contribution in [0.4, 0.5) is 0 Å². The quantitative estimate of drug-likeness (QED) is 0.446. The third kappa shape index (κ3) is 5.13. The molecule has 1 heterocycles. The Labute approximate surface area is 169 Å². The standard InChI is InChI=1S/C19H15Cl2NO4S/c20-12-4-3-5-13(10-12)25-8-9-26-16(23)11-22-19(24)18-17(21)14-6-1-2-7-15(14)27-18/h1-7,10H,8-9,11H2,(H,22,24). The summed E-state index contributed by atoms with van der Waals surface area (Å²) in [6, 6.07) is 14.4. The zero-order valence-corrected chi connectivity index (χ0v) is 16.4. The van der Waals surface area contributed by atoms with Gasteiger partial charge in [0.25, 0.3) is 5.91 Å². The molecule has 3 rings (SSSR count). The van der Waals surface area contributed by atoms with Gasteiger partial charge in [-0.25, -0.2) is 0 Å². The molecule has 0 bridgehead atoms. The predicted molar refractivity (Wildman–Crippen MR) is 107 cm³/mol. The molecule has 0 atom stereocenters. The molecular weight excluding hydrogens is 409 g/mol. The Morgan fingerprint density at radius 3 is 2.63 bits per heavy atom. The Bertz CT molecular complexity index is 973. The monoisotopic (exact) mass is 423 g/mol. The van der Waals surface area contributed by atoms with Crippen LogP contribution in [0.1, 0.15) is 9.67 Å². The summed E-state index contributed by atoms with van der Waals surface area (Å²) < 4.78 is 11.4. The Kier molecular flexibility index (Phi) is 6.55. The number of hydrogen-bond donors (Lipinski definition) is 1. The van der Waals surface area contributed by atoms with E-state index in [1.165, 1.54) is 11.3 Å². The summed E-state index contributed by atoms with van der Waals surface area (Å²) >= 11 is 13.4. The number of amides is 1. The highest BCUT2D eigenvalue weighted by molar-refractivity contribution is 7.21. The van der Waals surface area contributed by atoms with Crippen molar-refractivity contribution in [2.24, 2.45) is 0 Å². The molecule has 0 aliphatic heterocycles. The van der Waals surface area contributed by atoms with E-state index in [4.69, 9.17) is 32.7 Å². The topological polar surface area (TPSA) is 64.6 Å². The summed E-state index contributed by atoms with van der Waals surface area (Å²) in [6.07, 6.45) is 0. The SMILES string of the molecule is O=C(CNC(=O)c1sc2ccccc2c1Cl)OCCOc1cccc(Cl)c1. The maximum absolute atomic E-state index is 12.3. The number of halogens is 2. The minimum Gasteiger partial charge on any atom is -0.490 e. The Balaban J connectivity index is 1.43. The highest BCUT2D eigenvalue weighted by Crippen LogP contribution is 2.34. The number of benzene rings is 2. The van der Waals surface area contributed by atoms with Crippen LogP contribution >= 0.6 is 34.5 Å². The van der Waals surface area contributed by atoms with E-state index in [1.54, 1.807) is 24.3 Å². The molecule has 1 N–H and O–H groups in total.